The molecule has 8 N–H and O–H groups in total. The number of hydrogen-bond acceptors (Lipinski definition) is 23. The van der Waals surface area contributed by atoms with Crippen LogP contribution in [0.5, 0.6) is 0 Å². The van der Waals surface area contributed by atoms with Gasteiger partial charge in [-0.2, -0.15) is 27.3 Å². The summed E-state index contributed by atoms with van der Waals surface area (Å²) in [5, 5.41) is 44.9. The molecule has 558 valence electrons. The summed E-state index contributed by atoms with van der Waals surface area (Å²) in [6.07, 6.45) is 9.86. The van der Waals surface area contributed by atoms with Crippen LogP contribution in [0.25, 0.3) is 0 Å². The smallest absolute Gasteiger partial charge is 0.412 e. The van der Waals surface area contributed by atoms with E-state index >= 15 is 0 Å². The Morgan fingerprint density at radius 1 is 0.837 bits per heavy atom. The zero-order chi connectivity index (χ0) is 73.0. The number of hydrogen-bond donors (Lipinski definition) is 8. The molecule has 0 radical (unpaired) electrons. The standard InChI is InChI=1S/C66H117N11O17P2SSi/c1-9-52(5)65(6,50(2)3)94-98(7,8)43-25-34-69-33-24-41-89-95(84,87-39-22-31-67)92-53-29-42-86-56(53)47-90-96(85,88-40-23-32-68)93-54-44-61(91-55(54)46-78)77-45-51(4)62(75-64(77)83)73-38-19-11-10-18-35-70-58(79)26-14-12-20-36-71-59(80)27-15-13-21-37-72-60(81)28-16-17-30-66-49-97-48-57(66)74-63(82)76-66/h45,50,52-57,61,69,78H,9-30,33-44,46-49H2,1-8H3,(H,70,79)(H,71,80)(H,72,81)(H,73,75,83)(H2,74,76,82)/i42T,78D. The number of ether oxygens (including phenoxy) is 2. The lowest BCUT2D eigenvalue weighted by atomic mass is 9.80. The molecular formula is C66H117N11O17P2SSi. The summed E-state index contributed by atoms with van der Waals surface area (Å²) < 4.78 is 99.2. The number of aryl methyl sites for hydroxylation is 1. The Labute approximate surface area is 590 Å². The number of nitrogens with one attached hydrogen (secondary N) is 7. The van der Waals surface area contributed by atoms with Gasteiger partial charge in [0.05, 0.1) is 76.6 Å². The van der Waals surface area contributed by atoms with Crippen LogP contribution in [0.2, 0.25) is 19.1 Å². The van der Waals surface area contributed by atoms with Crippen molar-refractivity contribution in [2.75, 3.05) is 95.7 Å². The molecule has 1 aromatic rings. The fourth-order valence-electron chi connectivity index (χ4n) is 12.2. The highest BCUT2D eigenvalue weighted by Crippen LogP contribution is 2.55. The van der Waals surface area contributed by atoms with E-state index in [2.05, 4.69) is 95.0 Å². The zero-order valence-corrected chi connectivity index (χ0v) is 63.1. The number of aromatic nitrogens is 2. The van der Waals surface area contributed by atoms with Crippen LogP contribution in [0.1, 0.15) is 195 Å². The quantitative estimate of drug-likeness (QED) is 0.0130. The van der Waals surface area contributed by atoms with Gasteiger partial charge in [0.15, 0.2) is 8.32 Å². The molecule has 5 rings (SSSR count). The van der Waals surface area contributed by atoms with Crippen LogP contribution in [-0.4, -0.2) is 180 Å². The van der Waals surface area contributed by atoms with E-state index in [1.807, 2.05) is 23.9 Å². The van der Waals surface area contributed by atoms with Crippen molar-refractivity contribution in [1.82, 2.24) is 41.5 Å². The maximum absolute atomic E-state index is 14.5. The maximum atomic E-state index is 14.5. The van der Waals surface area contributed by atoms with Crippen LogP contribution in [0, 0.1) is 41.4 Å². The Morgan fingerprint density at radius 3 is 2.03 bits per heavy atom. The molecule has 0 aromatic carbocycles. The SMILES string of the molecule is [2H]OCC1OC(n2cc(C)c(NCCCCCCNC(=O)CCCCCNC(=O)CCCCCNC(=O)CCCCC34CSCC3NC(=O)N4)nc2=O)CC1OP(=O)(OCCC#N)OCC1OC([3H])CC1OP(=O)(OCCC#N)OCCCNCCC[Si](C)(C)OC(C)(C(C)C)C(C)CC. The van der Waals surface area contributed by atoms with E-state index in [-0.39, 0.29) is 93.0 Å². The highest BCUT2D eigenvalue weighted by Gasteiger charge is 2.50. The van der Waals surface area contributed by atoms with Crippen molar-refractivity contribution in [3.8, 4) is 12.1 Å². The Balaban J connectivity index is 0.951. The molecule has 12 unspecified atom stereocenters. The molecule has 0 saturated carbocycles. The Bertz CT molecular complexity index is 2910. The molecule has 32 heteroatoms. The fraction of sp³-hybridized carbons (Fsp3) is 0.848. The van der Waals surface area contributed by atoms with Crippen molar-refractivity contribution in [2.24, 2.45) is 11.8 Å². The number of nitriles is 2. The third-order valence-corrected chi connectivity index (χ3v) is 25.4. The van der Waals surface area contributed by atoms with Gasteiger partial charge in [0.2, 0.25) is 19.2 Å². The van der Waals surface area contributed by atoms with Gasteiger partial charge in [0.25, 0.3) is 0 Å². The summed E-state index contributed by atoms with van der Waals surface area (Å²) >= 11 is 1.84. The van der Waals surface area contributed by atoms with Gasteiger partial charge in [0, 0.05) is 88.1 Å². The fourth-order valence-corrected chi connectivity index (χ4v) is 19.3. The number of phosphoric acid groups is 2. The predicted molar refractivity (Wildman–Crippen MR) is 378 cm³/mol. The maximum Gasteiger partial charge on any atom is 0.475 e. The lowest BCUT2D eigenvalue weighted by molar-refractivity contribution is -0.122. The summed E-state index contributed by atoms with van der Waals surface area (Å²) in [4.78, 5) is 66.7. The Morgan fingerprint density at radius 2 is 1.42 bits per heavy atom. The molecule has 4 fully saturated rings. The first kappa shape index (κ1) is 81.2. The second-order valence-electron chi connectivity index (χ2n) is 27.1. The van der Waals surface area contributed by atoms with Crippen molar-refractivity contribution in [2.45, 2.75) is 256 Å². The van der Waals surface area contributed by atoms with E-state index in [4.69, 9.17) is 43.8 Å². The molecule has 5 amide bonds. The summed E-state index contributed by atoms with van der Waals surface area (Å²) in [5.41, 5.74) is -0.397. The molecule has 12 atom stereocenters. The number of unbranched alkanes of at least 4 members (excludes halogenated alkanes) is 8. The number of aliphatic hydroxyl groups excluding tert-OH is 1. The van der Waals surface area contributed by atoms with Crippen LogP contribution in [-0.2, 0) is 64.6 Å². The van der Waals surface area contributed by atoms with Crippen molar-refractivity contribution in [3.63, 3.8) is 0 Å². The molecule has 0 aliphatic carbocycles. The minimum atomic E-state index is -4.67. The van der Waals surface area contributed by atoms with Crippen molar-refractivity contribution >= 4 is 65.3 Å². The number of urea groups is 1. The zero-order valence-electron chi connectivity index (χ0n) is 61.5. The number of anilines is 1. The van der Waals surface area contributed by atoms with Gasteiger partial charge >= 0.3 is 27.4 Å². The molecule has 5 heterocycles. The van der Waals surface area contributed by atoms with Gasteiger partial charge < -0.3 is 56.2 Å². The van der Waals surface area contributed by atoms with Crippen LogP contribution < -0.4 is 42.9 Å². The van der Waals surface area contributed by atoms with Crippen LogP contribution in [0.15, 0.2) is 11.0 Å². The van der Waals surface area contributed by atoms with Gasteiger partial charge in [-0.25, -0.2) is 18.7 Å². The molecule has 0 spiro atoms. The van der Waals surface area contributed by atoms with Gasteiger partial charge in [-0.05, 0) is 122 Å². The number of rotatable bonds is 55. The summed E-state index contributed by atoms with van der Waals surface area (Å²) in [5.74, 6) is 3.07. The molecule has 98 heavy (non-hydrogen) atoms. The number of nitrogens with zero attached hydrogens (tertiary/aromatic N) is 4. The van der Waals surface area contributed by atoms with E-state index in [1.54, 1.807) is 13.1 Å². The first-order valence-corrected chi connectivity index (χ1v) is 42.9. The van der Waals surface area contributed by atoms with Crippen LogP contribution in [0.3, 0.4) is 0 Å². The first-order chi connectivity index (χ1) is 47.8. The number of amides is 5. The summed E-state index contributed by atoms with van der Waals surface area (Å²) in [6, 6.07) is 4.91. The van der Waals surface area contributed by atoms with E-state index < -0.39 is 73.5 Å². The first-order valence-electron chi connectivity index (χ1n) is 36.7. The topological polar surface area (TPSA) is 372 Å². The lowest BCUT2D eigenvalue weighted by Gasteiger charge is -2.45. The highest BCUT2D eigenvalue weighted by molar-refractivity contribution is 7.99. The highest BCUT2D eigenvalue weighted by atomic mass is 32.2. The largest absolute Gasteiger partial charge is 0.475 e. The minimum absolute atomic E-state index is 0.00166. The van der Waals surface area contributed by atoms with Crippen LogP contribution in [0.4, 0.5) is 10.6 Å². The third kappa shape index (κ3) is 29.7. The number of thioether (sulfide) groups is 1. The normalized spacial score (nSPS) is 23.8. The van der Waals surface area contributed by atoms with E-state index in [1.165, 1.54) is 4.57 Å². The molecule has 28 nitrogen and oxygen atoms in total. The van der Waals surface area contributed by atoms with Gasteiger partial charge in [-0.3, -0.25) is 46.1 Å². The van der Waals surface area contributed by atoms with E-state index in [9.17, 15) is 43.6 Å². The molecule has 4 saturated heterocycles. The van der Waals surface area contributed by atoms with E-state index in [0.29, 0.717) is 81.6 Å². The lowest BCUT2D eigenvalue weighted by Crippen LogP contribution is -2.50. The molecular weight excluding hydrogens is 1340 g/mol. The number of carbonyl (C=O) groups excluding carboxylic acids is 4. The van der Waals surface area contributed by atoms with Crippen molar-refractivity contribution in [3.05, 3.63) is 22.2 Å². The second kappa shape index (κ2) is 44.4. The monoisotopic (exact) mass is 1460 g/mol. The van der Waals surface area contributed by atoms with E-state index in [0.717, 1.165) is 120 Å². The van der Waals surface area contributed by atoms with Crippen LogP contribution >= 0.6 is 27.4 Å². The van der Waals surface area contributed by atoms with Gasteiger partial charge in [0.1, 0.15) is 36.5 Å². The average molecular weight is 1460 g/mol. The number of carbonyl (C=O) groups is 4. The van der Waals surface area contributed by atoms with Gasteiger partial charge in [-0.15, -0.1) is 0 Å². The number of aliphatic hydroxyl groups is 1. The number of phosphoric ester groups is 2. The van der Waals surface area contributed by atoms with Crippen molar-refractivity contribution in [1.29, 1.82) is 12.0 Å². The molecule has 4 aliphatic rings. The average Bonchev–Trinajstić information content (AvgIpc) is 1.62. The molecule has 4 aliphatic heterocycles. The minimum Gasteiger partial charge on any atom is -0.412 e. The number of fused-ring (bicyclic) bond motifs is 1. The summed E-state index contributed by atoms with van der Waals surface area (Å²) in [6.45, 7) is 18.2. The second-order valence-corrected chi connectivity index (χ2v) is 35.6. The molecule has 0 bridgehead atoms. The Kier molecular flexibility index (Phi) is 36.8. The third-order valence-electron chi connectivity index (χ3n) is 18.5. The summed E-state index contributed by atoms with van der Waals surface area (Å²) in [7, 11) is -11.0. The molecule has 1 aromatic heterocycles. The van der Waals surface area contributed by atoms with Gasteiger partial charge in [-0.1, -0.05) is 66.2 Å². The predicted octanol–water partition coefficient (Wildman–Crippen LogP) is 9.72. The van der Waals surface area contributed by atoms with Crippen molar-refractivity contribution < 1.29 is 75.8 Å². The Hall–Kier alpha value is -4.07.